The fourth-order valence-electron chi connectivity index (χ4n) is 3.36. The summed E-state index contributed by atoms with van der Waals surface area (Å²) in [5.74, 6) is -0.321. The first kappa shape index (κ1) is 18.4. The molecule has 2 fully saturated rings. The number of rotatable bonds is 4. The van der Waals surface area contributed by atoms with Crippen molar-refractivity contribution in [1.82, 2.24) is 10.3 Å². The SMILES string of the molecule is Cc1cc(F)c(C(=O)NC2CC2)cc1-c1cnc(N2CCOCC2)c(C#N)c1. The van der Waals surface area contributed by atoms with Crippen LogP contribution in [0.15, 0.2) is 24.4 Å². The number of aromatic nitrogens is 1. The van der Waals surface area contributed by atoms with Crippen LogP contribution in [0.5, 0.6) is 0 Å². The predicted octanol–water partition coefficient (Wildman–Crippen LogP) is 2.80. The summed E-state index contributed by atoms with van der Waals surface area (Å²) in [5.41, 5.74) is 2.53. The Kier molecular flexibility index (Phi) is 4.97. The van der Waals surface area contributed by atoms with Crippen molar-refractivity contribution in [3.8, 4) is 17.2 Å². The average molecular weight is 380 g/mol. The number of hydrogen-bond acceptors (Lipinski definition) is 5. The Morgan fingerprint density at radius 1 is 1.32 bits per heavy atom. The van der Waals surface area contributed by atoms with Crippen LogP contribution in [0.25, 0.3) is 11.1 Å². The van der Waals surface area contributed by atoms with Gasteiger partial charge >= 0.3 is 0 Å². The summed E-state index contributed by atoms with van der Waals surface area (Å²) in [6, 6.07) is 7.02. The minimum atomic E-state index is -0.544. The molecule has 0 bridgehead atoms. The van der Waals surface area contributed by atoms with Crippen LogP contribution < -0.4 is 10.2 Å². The number of hydrogen-bond donors (Lipinski definition) is 1. The highest BCUT2D eigenvalue weighted by atomic mass is 19.1. The molecule has 0 unspecified atom stereocenters. The first-order valence-corrected chi connectivity index (χ1v) is 9.41. The number of nitrogens with one attached hydrogen (secondary N) is 1. The van der Waals surface area contributed by atoms with Crippen LogP contribution in [0.3, 0.4) is 0 Å². The zero-order chi connectivity index (χ0) is 19.7. The maximum Gasteiger partial charge on any atom is 0.254 e. The van der Waals surface area contributed by atoms with Crippen LogP contribution in [-0.4, -0.2) is 43.2 Å². The van der Waals surface area contributed by atoms with Gasteiger partial charge in [0.2, 0.25) is 0 Å². The second-order valence-corrected chi connectivity index (χ2v) is 7.20. The molecular weight excluding hydrogens is 359 g/mol. The third-order valence-corrected chi connectivity index (χ3v) is 5.08. The lowest BCUT2D eigenvalue weighted by molar-refractivity contribution is 0.0947. The maximum absolute atomic E-state index is 14.4. The minimum Gasteiger partial charge on any atom is -0.378 e. The van der Waals surface area contributed by atoms with Crippen molar-refractivity contribution >= 4 is 11.7 Å². The first-order valence-electron chi connectivity index (χ1n) is 9.41. The summed E-state index contributed by atoms with van der Waals surface area (Å²) in [6.45, 7) is 4.35. The van der Waals surface area contributed by atoms with Crippen molar-refractivity contribution < 1.29 is 13.9 Å². The number of carbonyl (C=O) groups excluding carboxylic acids is 1. The zero-order valence-corrected chi connectivity index (χ0v) is 15.7. The lowest BCUT2D eigenvalue weighted by Gasteiger charge is -2.28. The highest BCUT2D eigenvalue weighted by molar-refractivity contribution is 5.96. The maximum atomic E-state index is 14.4. The number of benzene rings is 1. The van der Waals surface area contributed by atoms with E-state index in [-0.39, 0.29) is 11.6 Å². The van der Waals surface area contributed by atoms with Gasteiger partial charge in [-0.3, -0.25) is 4.79 Å². The molecule has 1 amide bonds. The Hall–Kier alpha value is -2.98. The van der Waals surface area contributed by atoms with Gasteiger partial charge in [0.05, 0.1) is 24.3 Å². The lowest BCUT2D eigenvalue weighted by Crippen LogP contribution is -2.37. The van der Waals surface area contributed by atoms with Crippen LogP contribution in [-0.2, 0) is 4.74 Å². The van der Waals surface area contributed by atoms with Gasteiger partial charge in [-0.25, -0.2) is 9.37 Å². The molecule has 4 rings (SSSR count). The number of morpholine rings is 1. The number of pyridine rings is 1. The number of amides is 1. The normalized spacial score (nSPS) is 16.5. The Bertz CT molecular complexity index is 960. The van der Waals surface area contributed by atoms with Gasteiger partial charge in [0, 0.05) is 30.9 Å². The van der Waals surface area contributed by atoms with E-state index in [9.17, 15) is 14.4 Å². The van der Waals surface area contributed by atoms with Gasteiger partial charge in [-0.2, -0.15) is 5.26 Å². The van der Waals surface area contributed by atoms with E-state index in [2.05, 4.69) is 16.4 Å². The molecule has 2 aromatic rings. The minimum absolute atomic E-state index is 0.0169. The van der Waals surface area contributed by atoms with Crippen molar-refractivity contribution in [2.24, 2.45) is 0 Å². The van der Waals surface area contributed by atoms with E-state index in [0.717, 1.165) is 12.8 Å². The molecule has 1 aromatic carbocycles. The van der Waals surface area contributed by atoms with E-state index >= 15 is 0 Å². The molecule has 6 nitrogen and oxygen atoms in total. The van der Waals surface area contributed by atoms with E-state index in [1.807, 2.05) is 4.90 Å². The van der Waals surface area contributed by atoms with E-state index in [4.69, 9.17) is 4.74 Å². The van der Waals surface area contributed by atoms with Crippen molar-refractivity contribution in [3.05, 3.63) is 46.9 Å². The Labute approximate surface area is 162 Å². The third kappa shape index (κ3) is 3.69. The summed E-state index contributed by atoms with van der Waals surface area (Å²) in [7, 11) is 0. The monoisotopic (exact) mass is 380 g/mol. The van der Waals surface area contributed by atoms with Crippen LogP contribution in [0, 0.1) is 24.1 Å². The first-order chi connectivity index (χ1) is 13.6. The van der Waals surface area contributed by atoms with Gasteiger partial charge in [0.25, 0.3) is 5.91 Å². The molecule has 1 saturated carbocycles. The van der Waals surface area contributed by atoms with Crippen molar-refractivity contribution in [1.29, 1.82) is 5.26 Å². The van der Waals surface area contributed by atoms with Crippen molar-refractivity contribution in [2.45, 2.75) is 25.8 Å². The van der Waals surface area contributed by atoms with Crippen LogP contribution in [0.2, 0.25) is 0 Å². The van der Waals surface area contributed by atoms with E-state index in [1.165, 1.54) is 6.07 Å². The van der Waals surface area contributed by atoms with Gasteiger partial charge in [0.15, 0.2) is 0 Å². The third-order valence-electron chi connectivity index (χ3n) is 5.08. The molecule has 0 radical (unpaired) electrons. The molecular formula is C21H21FN4O2. The van der Waals surface area contributed by atoms with E-state index in [0.29, 0.717) is 54.4 Å². The molecule has 0 atom stereocenters. The number of aryl methyl sites for hydroxylation is 1. The second kappa shape index (κ2) is 7.56. The molecule has 1 aliphatic heterocycles. The van der Waals surface area contributed by atoms with Crippen LogP contribution >= 0.6 is 0 Å². The standard InChI is InChI=1S/C21H21FN4O2/c1-13-8-19(22)18(21(27)25-16-2-3-16)10-17(13)15-9-14(11-23)20(24-12-15)26-4-6-28-7-5-26/h8-10,12,16H,2-7H2,1H3,(H,25,27). The second-order valence-electron chi connectivity index (χ2n) is 7.20. The molecule has 1 saturated heterocycles. The van der Waals surface area contributed by atoms with Gasteiger partial charge in [-0.1, -0.05) is 0 Å². The zero-order valence-electron chi connectivity index (χ0n) is 15.7. The Balaban J connectivity index is 1.69. The summed E-state index contributed by atoms with van der Waals surface area (Å²) < 4.78 is 19.7. The summed E-state index contributed by atoms with van der Waals surface area (Å²) in [6.07, 6.45) is 3.55. The number of ether oxygens (including phenoxy) is 1. The topological polar surface area (TPSA) is 78.2 Å². The number of nitriles is 1. The van der Waals surface area contributed by atoms with Gasteiger partial charge < -0.3 is 15.0 Å². The number of anilines is 1. The molecule has 1 aliphatic carbocycles. The molecule has 7 heteroatoms. The van der Waals surface area contributed by atoms with Crippen LogP contribution in [0.1, 0.15) is 34.3 Å². The highest BCUT2D eigenvalue weighted by Gasteiger charge is 2.26. The fraction of sp³-hybridized carbons (Fsp3) is 0.381. The number of halogens is 1. The summed E-state index contributed by atoms with van der Waals surface area (Å²) in [5, 5.41) is 12.4. The number of nitrogens with zero attached hydrogens (tertiary/aromatic N) is 3. The highest BCUT2D eigenvalue weighted by Crippen LogP contribution is 2.30. The number of carbonyl (C=O) groups is 1. The quantitative estimate of drug-likeness (QED) is 0.883. The molecule has 144 valence electrons. The van der Waals surface area contributed by atoms with E-state index < -0.39 is 11.7 Å². The Morgan fingerprint density at radius 3 is 2.75 bits per heavy atom. The van der Waals surface area contributed by atoms with Gasteiger partial charge in [-0.15, -0.1) is 0 Å². The molecule has 1 aromatic heterocycles. The van der Waals surface area contributed by atoms with Gasteiger partial charge in [-0.05, 0) is 49.1 Å². The average Bonchev–Trinajstić information content (AvgIpc) is 3.52. The fourth-order valence-corrected chi connectivity index (χ4v) is 3.36. The summed E-state index contributed by atoms with van der Waals surface area (Å²) in [4.78, 5) is 18.9. The van der Waals surface area contributed by atoms with Crippen molar-refractivity contribution in [3.63, 3.8) is 0 Å². The molecule has 28 heavy (non-hydrogen) atoms. The lowest BCUT2D eigenvalue weighted by atomic mass is 9.97. The molecule has 0 spiro atoms. The molecule has 1 N–H and O–H groups in total. The predicted molar refractivity (Wildman–Crippen MR) is 103 cm³/mol. The largest absolute Gasteiger partial charge is 0.378 e. The molecule has 2 heterocycles. The van der Waals surface area contributed by atoms with Crippen LogP contribution in [0.4, 0.5) is 10.2 Å². The van der Waals surface area contributed by atoms with Gasteiger partial charge in [0.1, 0.15) is 17.7 Å². The summed E-state index contributed by atoms with van der Waals surface area (Å²) >= 11 is 0. The van der Waals surface area contributed by atoms with Crippen molar-refractivity contribution in [2.75, 3.05) is 31.2 Å². The smallest absolute Gasteiger partial charge is 0.254 e. The Morgan fingerprint density at radius 2 is 2.07 bits per heavy atom. The van der Waals surface area contributed by atoms with E-state index in [1.54, 1.807) is 25.3 Å². The molecule has 2 aliphatic rings.